The van der Waals surface area contributed by atoms with Gasteiger partial charge in [0.15, 0.2) is 0 Å². The third kappa shape index (κ3) is 7.11. The predicted molar refractivity (Wildman–Crippen MR) is 75.7 cm³/mol. The summed E-state index contributed by atoms with van der Waals surface area (Å²) < 4.78 is 12.9. The summed E-state index contributed by atoms with van der Waals surface area (Å²) >= 11 is 0. The summed E-state index contributed by atoms with van der Waals surface area (Å²) in [5.74, 6) is 0. The third-order valence-electron chi connectivity index (χ3n) is 3.05. The molecule has 0 bridgehead atoms. The number of rotatable bonds is 11. The zero-order valence-corrected chi connectivity index (χ0v) is 11.8. The number of H-pyrrole nitrogens is 1. The van der Waals surface area contributed by atoms with Crippen LogP contribution in [-0.2, 0) is 0 Å². The van der Waals surface area contributed by atoms with E-state index in [2.05, 4.69) is 4.98 Å². The molecule has 0 aromatic carbocycles. The number of hydrogen-bond donors (Lipinski definition) is 1. The Morgan fingerprint density at radius 3 is 2.20 bits per heavy atom. The number of alkyl halides is 1. The van der Waals surface area contributed by atoms with Crippen molar-refractivity contribution in [3.8, 4) is 0 Å². The number of nitrogens with one attached hydrogen (secondary N) is 1. The standard InChI is InChI=1S/C14H23FN2O3/c15-10-7-5-3-1-2-4-6-8-12-20-17-11-9-13(18)16-14(17)19/h9,11H,1-8,10,12H2,(H,16,18,19). The Morgan fingerprint density at radius 1 is 1.00 bits per heavy atom. The summed E-state index contributed by atoms with van der Waals surface area (Å²) in [5, 5.41) is 0. The summed E-state index contributed by atoms with van der Waals surface area (Å²) in [6.45, 7) is 0.245. The Morgan fingerprint density at radius 2 is 1.60 bits per heavy atom. The Balaban J connectivity index is 1.99. The van der Waals surface area contributed by atoms with E-state index in [1.165, 1.54) is 12.3 Å². The highest BCUT2D eigenvalue weighted by Crippen LogP contribution is 2.08. The molecule has 1 N–H and O–H groups in total. The minimum atomic E-state index is -0.551. The van der Waals surface area contributed by atoms with Crippen LogP contribution in [0.5, 0.6) is 0 Å². The van der Waals surface area contributed by atoms with Gasteiger partial charge in [0.1, 0.15) is 6.61 Å². The molecule has 0 aliphatic rings. The predicted octanol–water partition coefficient (Wildman–Crippen LogP) is 2.06. The monoisotopic (exact) mass is 286 g/mol. The molecule has 1 aromatic rings. The smallest absolute Gasteiger partial charge is 0.361 e. The number of aromatic nitrogens is 2. The van der Waals surface area contributed by atoms with E-state index in [1.807, 2.05) is 0 Å². The van der Waals surface area contributed by atoms with Crippen molar-refractivity contribution in [2.75, 3.05) is 13.3 Å². The molecule has 5 nitrogen and oxygen atoms in total. The molecule has 0 aliphatic carbocycles. The molecule has 0 aliphatic heterocycles. The van der Waals surface area contributed by atoms with Crippen molar-refractivity contribution in [3.05, 3.63) is 33.1 Å². The van der Waals surface area contributed by atoms with Crippen LogP contribution in [0.25, 0.3) is 0 Å². The fourth-order valence-electron chi connectivity index (χ4n) is 1.93. The molecule has 1 heterocycles. The normalized spacial score (nSPS) is 10.7. The van der Waals surface area contributed by atoms with Crippen LogP contribution in [0.3, 0.4) is 0 Å². The maximum absolute atomic E-state index is 11.8. The first-order valence-electron chi connectivity index (χ1n) is 7.25. The van der Waals surface area contributed by atoms with Gasteiger partial charge in [-0.25, -0.2) is 4.79 Å². The van der Waals surface area contributed by atoms with Crippen LogP contribution in [0.1, 0.15) is 51.4 Å². The van der Waals surface area contributed by atoms with Gasteiger partial charge in [-0.05, 0) is 19.3 Å². The van der Waals surface area contributed by atoms with Gasteiger partial charge in [-0.3, -0.25) is 14.2 Å². The van der Waals surface area contributed by atoms with Gasteiger partial charge in [-0.15, -0.1) is 4.73 Å². The van der Waals surface area contributed by atoms with E-state index in [0.29, 0.717) is 13.0 Å². The molecule has 0 atom stereocenters. The molecule has 0 saturated heterocycles. The van der Waals surface area contributed by atoms with E-state index in [0.717, 1.165) is 49.7 Å². The summed E-state index contributed by atoms with van der Waals surface area (Å²) in [4.78, 5) is 29.5. The lowest BCUT2D eigenvalue weighted by Crippen LogP contribution is -2.33. The van der Waals surface area contributed by atoms with Crippen molar-refractivity contribution in [2.45, 2.75) is 51.4 Å². The van der Waals surface area contributed by atoms with Gasteiger partial charge in [0.2, 0.25) is 0 Å². The van der Waals surface area contributed by atoms with Crippen molar-refractivity contribution in [2.24, 2.45) is 0 Å². The van der Waals surface area contributed by atoms with Gasteiger partial charge < -0.3 is 4.84 Å². The molecule has 0 radical (unpaired) electrons. The van der Waals surface area contributed by atoms with E-state index in [9.17, 15) is 14.0 Å². The zero-order chi connectivity index (χ0) is 14.6. The van der Waals surface area contributed by atoms with Crippen LogP contribution in [0, 0.1) is 0 Å². The molecule has 0 saturated carbocycles. The molecule has 0 unspecified atom stereocenters. The molecule has 0 spiro atoms. The van der Waals surface area contributed by atoms with Crippen LogP contribution in [0.15, 0.2) is 21.9 Å². The number of nitrogens with zero attached hydrogens (tertiary/aromatic N) is 1. The number of halogens is 1. The van der Waals surface area contributed by atoms with Crippen molar-refractivity contribution in [1.82, 2.24) is 9.71 Å². The Bertz CT molecular complexity index is 470. The van der Waals surface area contributed by atoms with Crippen LogP contribution < -0.4 is 16.1 Å². The lowest BCUT2D eigenvalue weighted by atomic mass is 10.1. The largest absolute Gasteiger partial charge is 0.410 e. The van der Waals surface area contributed by atoms with Gasteiger partial charge in [0.05, 0.1) is 12.9 Å². The number of unbranched alkanes of at least 4 members (excludes halogenated alkanes) is 7. The Labute approximate surface area is 117 Å². The fraction of sp³-hybridized carbons (Fsp3) is 0.714. The SMILES string of the molecule is O=c1ccn(OCCCCCCCCCCF)c(=O)[nH]1. The maximum Gasteiger partial charge on any atom is 0.361 e. The molecule has 114 valence electrons. The molecule has 6 heteroatoms. The van der Waals surface area contributed by atoms with Crippen LogP contribution >= 0.6 is 0 Å². The second-order valence-corrected chi connectivity index (χ2v) is 4.79. The molecular formula is C14H23FN2O3. The number of hydrogen-bond acceptors (Lipinski definition) is 3. The average Bonchev–Trinajstić information content (AvgIpc) is 2.43. The van der Waals surface area contributed by atoms with E-state index >= 15 is 0 Å². The molecule has 0 amide bonds. The minimum Gasteiger partial charge on any atom is -0.410 e. The highest BCUT2D eigenvalue weighted by atomic mass is 19.1. The zero-order valence-electron chi connectivity index (χ0n) is 11.8. The summed E-state index contributed by atoms with van der Waals surface area (Å²) in [5.41, 5.74) is -0.979. The lowest BCUT2D eigenvalue weighted by molar-refractivity contribution is 0.0947. The van der Waals surface area contributed by atoms with E-state index in [1.54, 1.807) is 0 Å². The Hall–Kier alpha value is -1.59. The highest BCUT2D eigenvalue weighted by Gasteiger charge is 1.97. The maximum atomic E-state index is 11.8. The summed E-state index contributed by atoms with van der Waals surface area (Å²) in [6.07, 6.45) is 9.44. The van der Waals surface area contributed by atoms with Gasteiger partial charge in [-0.2, -0.15) is 0 Å². The van der Waals surface area contributed by atoms with Crippen molar-refractivity contribution < 1.29 is 9.23 Å². The number of aromatic amines is 1. The van der Waals surface area contributed by atoms with E-state index in [4.69, 9.17) is 4.84 Å². The first kappa shape index (κ1) is 16.5. The molecule has 1 aromatic heterocycles. The fourth-order valence-corrected chi connectivity index (χ4v) is 1.93. The first-order valence-corrected chi connectivity index (χ1v) is 7.25. The minimum absolute atomic E-state index is 0.207. The van der Waals surface area contributed by atoms with Crippen LogP contribution in [0.4, 0.5) is 4.39 Å². The molecule has 0 fully saturated rings. The van der Waals surface area contributed by atoms with Crippen molar-refractivity contribution >= 4 is 0 Å². The topological polar surface area (TPSA) is 64.1 Å². The van der Waals surface area contributed by atoms with E-state index in [-0.39, 0.29) is 6.67 Å². The molecular weight excluding hydrogens is 263 g/mol. The van der Waals surface area contributed by atoms with Gasteiger partial charge in [0.25, 0.3) is 5.56 Å². The van der Waals surface area contributed by atoms with Gasteiger partial charge in [0, 0.05) is 6.07 Å². The lowest BCUT2D eigenvalue weighted by Gasteiger charge is -2.06. The second-order valence-electron chi connectivity index (χ2n) is 4.79. The van der Waals surface area contributed by atoms with Crippen LogP contribution in [-0.4, -0.2) is 23.0 Å². The summed E-state index contributed by atoms with van der Waals surface area (Å²) in [6, 6.07) is 1.25. The van der Waals surface area contributed by atoms with Crippen molar-refractivity contribution in [1.29, 1.82) is 0 Å². The van der Waals surface area contributed by atoms with Gasteiger partial charge in [-0.1, -0.05) is 32.1 Å². The first-order chi connectivity index (χ1) is 9.74. The highest BCUT2D eigenvalue weighted by molar-refractivity contribution is 4.80. The average molecular weight is 286 g/mol. The van der Waals surface area contributed by atoms with Gasteiger partial charge >= 0.3 is 5.69 Å². The van der Waals surface area contributed by atoms with Crippen LogP contribution in [0.2, 0.25) is 0 Å². The van der Waals surface area contributed by atoms with Crippen molar-refractivity contribution in [3.63, 3.8) is 0 Å². The quantitative estimate of drug-likeness (QED) is 0.633. The second kappa shape index (κ2) is 10.2. The van der Waals surface area contributed by atoms with E-state index < -0.39 is 11.2 Å². The third-order valence-corrected chi connectivity index (χ3v) is 3.05. The summed E-state index contributed by atoms with van der Waals surface area (Å²) in [7, 11) is 0. The Kier molecular flexibility index (Phi) is 8.42. The molecule has 1 rings (SSSR count). The molecule has 20 heavy (non-hydrogen) atoms.